The summed E-state index contributed by atoms with van der Waals surface area (Å²) in [6.07, 6.45) is -3.22. The highest BCUT2D eigenvalue weighted by molar-refractivity contribution is 5.82. The summed E-state index contributed by atoms with van der Waals surface area (Å²) < 4.78 is 50.7. The lowest BCUT2D eigenvalue weighted by molar-refractivity contribution is -0.143. The zero-order valence-electron chi connectivity index (χ0n) is 18.3. The van der Waals surface area contributed by atoms with E-state index in [1.165, 1.54) is 25.5 Å². The van der Waals surface area contributed by atoms with Gasteiger partial charge in [0.15, 0.2) is 12.4 Å². The Hall–Kier alpha value is -4.47. The molecule has 0 saturated carbocycles. The van der Waals surface area contributed by atoms with Crippen molar-refractivity contribution in [1.82, 2.24) is 9.66 Å². The van der Waals surface area contributed by atoms with Gasteiger partial charge in [-0.3, -0.25) is 4.79 Å². The lowest BCUT2D eigenvalue weighted by Gasteiger charge is -2.12. The average molecular weight is 481 g/mol. The van der Waals surface area contributed by atoms with E-state index in [2.05, 4.69) is 14.8 Å². The molecule has 0 amide bonds. The van der Waals surface area contributed by atoms with Crippen LogP contribution in [0.1, 0.15) is 11.1 Å². The number of benzene rings is 3. The standard InChI is InChI=1S/C25H18F3N3O4/c1-34-22(32)15-35-19-9-4-6-16(12-19)14-29-31-23(17-7-5-8-18(13-17)25(26,27)28)30-21-11-3-2-10-20(21)24(31)33/h2-14H,15H2,1H3. The molecular formula is C25H18F3N3O4. The highest BCUT2D eigenvalue weighted by Crippen LogP contribution is 2.31. The fraction of sp³-hybridized carbons (Fsp3) is 0.120. The van der Waals surface area contributed by atoms with E-state index in [4.69, 9.17) is 4.74 Å². The molecule has 0 fully saturated rings. The maximum atomic E-state index is 13.3. The van der Waals surface area contributed by atoms with E-state index in [1.54, 1.807) is 48.5 Å². The van der Waals surface area contributed by atoms with Crippen LogP contribution in [-0.2, 0) is 15.7 Å². The summed E-state index contributed by atoms with van der Waals surface area (Å²) in [5, 5.41) is 4.49. The number of methoxy groups -OCH3 is 1. The minimum absolute atomic E-state index is 0.0471. The largest absolute Gasteiger partial charge is 0.482 e. The van der Waals surface area contributed by atoms with Crippen molar-refractivity contribution in [2.75, 3.05) is 13.7 Å². The van der Waals surface area contributed by atoms with Crippen LogP contribution in [0.5, 0.6) is 5.75 Å². The second kappa shape index (κ2) is 9.80. The number of hydrogen-bond acceptors (Lipinski definition) is 6. The quantitative estimate of drug-likeness (QED) is 0.299. The van der Waals surface area contributed by atoms with Crippen molar-refractivity contribution < 1.29 is 27.4 Å². The lowest BCUT2D eigenvalue weighted by atomic mass is 10.1. The first kappa shape index (κ1) is 23.7. The molecule has 1 heterocycles. The van der Waals surface area contributed by atoms with Gasteiger partial charge in [0.2, 0.25) is 0 Å². The third-order valence-corrected chi connectivity index (χ3v) is 4.97. The highest BCUT2D eigenvalue weighted by Gasteiger charge is 2.31. The molecule has 178 valence electrons. The molecule has 7 nitrogen and oxygen atoms in total. The van der Waals surface area contributed by atoms with Crippen LogP contribution in [-0.4, -0.2) is 35.6 Å². The molecule has 0 saturated heterocycles. The van der Waals surface area contributed by atoms with E-state index in [-0.39, 0.29) is 23.4 Å². The van der Waals surface area contributed by atoms with E-state index >= 15 is 0 Å². The van der Waals surface area contributed by atoms with E-state index in [9.17, 15) is 22.8 Å². The van der Waals surface area contributed by atoms with Gasteiger partial charge < -0.3 is 9.47 Å². The summed E-state index contributed by atoms with van der Waals surface area (Å²) in [7, 11) is 1.24. The molecule has 0 bridgehead atoms. The molecule has 0 spiro atoms. The SMILES string of the molecule is COC(=O)COc1cccc(C=Nn2c(-c3cccc(C(F)(F)F)c3)nc3ccccc3c2=O)c1. The molecule has 0 atom stereocenters. The van der Waals surface area contributed by atoms with Crippen LogP contribution in [0.25, 0.3) is 22.3 Å². The summed E-state index contributed by atoms with van der Waals surface area (Å²) in [6.45, 7) is -0.287. The average Bonchev–Trinajstić information content (AvgIpc) is 2.86. The second-order valence-electron chi connectivity index (χ2n) is 7.33. The number of halogens is 3. The van der Waals surface area contributed by atoms with E-state index < -0.39 is 23.3 Å². The topological polar surface area (TPSA) is 82.8 Å². The molecule has 1 aromatic heterocycles. The number of alkyl halides is 3. The summed E-state index contributed by atoms with van der Waals surface area (Å²) in [5.41, 5.74) is -0.493. The van der Waals surface area contributed by atoms with Gasteiger partial charge in [0, 0.05) is 5.56 Å². The molecule has 0 aliphatic carbocycles. The van der Waals surface area contributed by atoms with Gasteiger partial charge in [0.25, 0.3) is 5.56 Å². The third kappa shape index (κ3) is 5.37. The molecule has 0 unspecified atom stereocenters. The van der Waals surface area contributed by atoms with Crippen molar-refractivity contribution in [2.24, 2.45) is 5.10 Å². The Balaban J connectivity index is 1.79. The molecule has 0 N–H and O–H groups in total. The predicted octanol–water partition coefficient (Wildman–Crippen LogP) is 4.52. The van der Waals surface area contributed by atoms with Crippen molar-refractivity contribution >= 4 is 23.1 Å². The molecular weight excluding hydrogens is 463 g/mol. The van der Waals surface area contributed by atoms with Crippen LogP contribution < -0.4 is 10.3 Å². The zero-order chi connectivity index (χ0) is 25.0. The van der Waals surface area contributed by atoms with Gasteiger partial charge in [0.1, 0.15) is 5.75 Å². The monoisotopic (exact) mass is 481 g/mol. The molecule has 10 heteroatoms. The summed E-state index contributed by atoms with van der Waals surface area (Å²) in [4.78, 5) is 28.9. The zero-order valence-corrected chi connectivity index (χ0v) is 18.3. The van der Waals surface area contributed by atoms with Crippen LogP contribution >= 0.6 is 0 Å². The molecule has 0 aliphatic heterocycles. The van der Waals surface area contributed by atoms with Gasteiger partial charge in [-0.1, -0.05) is 36.4 Å². The Morgan fingerprint density at radius 1 is 1.06 bits per heavy atom. The number of rotatable bonds is 6. The number of aromatic nitrogens is 2. The molecule has 35 heavy (non-hydrogen) atoms. The van der Waals surface area contributed by atoms with E-state index in [1.807, 2.05) is 0 Å². The maximum absolute atomic E-state index is 13.3. The normalized spacial score (nSPS) is 11.7. The Morgan fingerprint density at radius 2 is 1.83 bits per heavy atom. The highest BCUT2D eigenvalue weighted by atomic mass is 19.4. The van der Waals surface area contributed by atoms with Crippen LogP contribution in [0.2, 0.25) is 0 Å². The fourth-order valence-electron chi connectivity index (χ4n) is 3.26. The number of para-hydroxylation sites is 1. The molecule has 4 rings (SSSR count). The predicted molar refractivity (Wildman–Crippen MR) is 123 cm³/mol. The van der Waals surface area contributed by atoms with Crippen molar-refractivity contribution in [3.63, 3.8) is 0 Å². The van der Waals surface area contributed by atoms with Gasteiger partial charge in [-0.15, -0.1) is 0 Å². The minimum Gasteiger partial charge on any atom is -0.482 e. The fourth-order valence-corrected chi connectivity index (χ4v) is 3.26. The molecule has 0 aliphatic rings. The van der Waals surface area contributed by atoms with Gasteiger partial charge >= 0.3 is 12.1 Å². The number of fused-ring (bicyclic) bond motifs is 1. The number of nitrogens with zero attached hydrogens (tertiary/aromatic N) is 3. The summed E-state index contributed by atoms with van der Waals surface area (Å²) in [5.74, 6) is -0.237. The van der Waals surface area contributed by atoms with Gasteiger partial charge in [-0.05, 0) is 42.0 Å². The Kier molecular flexibility index (Phi) is 6.63. The number of hydrogen-bond donors (Lipinski definition) is 0. The van der Waals surface area contributed by atoms with Crippen LogP contribution in [0, 0.1) is 0 Å². The smallest absolute Gasteiger partial charge is 0.416 e. The lowest BCUT2D eigenvalue weighted by Crippen LogP contribution is -2.20. The van der Waals surface area contributed by atoms with Crippen LogP contribution in [0.15, 0.2) is 82.7 Å². The van der Waals surface area contributed by atoms with Crippen LogP contribution in [0.3, 0.4) is 0 Å². The summed E-state index contributed by atoms with van der Waals surface area (Å²) >= 11 is 0. The minimum atomic E-state index is -4.56. The van der Waals surface area contributed by atoms with Gasteiger partial charge in [-0.25, -0.2) is 9.78 Å². The van der Waals surface area contributed by atoms with Crippen LogP contribution in [0.4, 0.5) is 13.2 Å². The van der Waals surface area contributed by atoms with Crippen molar-refractivity contribution in [1.29, 1.82) is 0 Å². The number of ether oxygens (including phenoxy) is 2. The Labute approximate surface area is 197 Å². The first-order valence-corrected chi connectivity index (χ1v) is 10.3. The summed E-state index contributed by atoms with van der Waals surface area (Å²) in [6, 6.07) is 17.6. The first-order chi connectivity index (χ1) is 16.8. The first-order valence-electron chi connectivity index (χ1n) is 10.3. The second-order valence-corrected chi connectivity index (χ2v) is 7.33. The molecule has 0 radical (unpaired) electrons. The third-order valence-electron chi connectivity index (χ3n) is 4.97. The maximum Gasteiger partial charge on any atom is 0.416 e. The number of esters is 1. The number of carbonyl (C=O) groups excluding carboxylic acids is 1. The van der Waals surface area contributed by atoms with Crippen molar-refractivity contribution in [3.8, 4) is 17.1 Å². The van der Waals surface area contributed by atoms with Crippen molar-refractivity contribution in [2.45, 2.75) is 6.18 Å². The molecule has 4 aromatic rings. The van der Waals surface area contributed by atoms with E-state index in [0.717, 1.165) is 16.8 Å². The number of carbonyl (C=O) groups is 1. The van der Waals surface area contributed by atoms with Gasteiger partial charge in [-0.2, -0.15) is 22.9 Å². The van der Waals surface area contributed by atoms with Gasteiger partial charge in [0.05, 0.1) is 29.8 Å². The van der Waals surface area contributed by atoms with E-state index in [0.29, 0.717) is 16.8 Å². The molecule has 3 aromatic carbocycles. The Bertz CT molecular complexity index is 1480. The van der Waals surface area contributed by atoms with Crippen molar-refractivity contribution in [3.05, 3.63) is 94.3 Å². The Morgan fingerprint density at radius 3 is 2.60 bits per heavy atom.